The van der Waals surface area contributed by atoms with Gasteiger partial charge >= 0.3 is 6.09 Å². The molecule has 1 aliphatic carbocycles. The van der Waals surface area contributed by atoms with Gasteiger partial charge in [-0.25, -0.2) is 9.78 Å². The van der Waals surface area contributed by atoms with Crippen molar-refractivity contribution in [3.05, 3.63) is 18.1 Å². The van der Waals surface area contributed by atoms with E-state index in [0.29, 0.717) is 24.3 Å². The first kappa shape index (κ1) is 22.4. The van der Waals surface area contributed by atoms with E-state index in [1.54, 1.807) is 27.3 Å². The van der Waals surface area contributed by atoms with Crippen LogP contribution in [0.3, 0.4) is 0 Å². The standard InChI is InChI=1S/C22H31N9O3/c1-5-30-12-23-17-18(24-15-9-14(10-15)20-28-27-13(2)33-20)25-21(26-19(17)30)31-8-6-7-16(11-31)34-22(32)29(3)4/h12,14-16H,5-11H2,1-4H3,(H,24,25,26). The van der Waals surface area contributed by atoms with Crippen LogP contribution in [0, 0.1) is 6.92 Å². The number of amides is 1. The van der Waals surface area contributed by atoms with Crippen LogP contribution in [0.25, 0.3) is 11.2 Å². The Morgan fingerprint density at radius 2 is 2.12 bits per heavy atom. The van der Waals surface area contributed by atoms with Crippen molar-refractivity contribution < 1.29 is 13.9 Å². The summed E-state index contributed by atoms with van der Waals surface area (Å²) in [6, 6.07) is 0.241. The number of aromatic nitrogens is 6. The zero-order valence-corrected chi connectivity index (χ0v) is 20.1. The maximum atomic E-state index is 12.0. The number of fused-ring (bicyclic) bond motifs is 1. The minimum absolute atomic E-state index is 0.194. The molecule has 12 heteroatoms. The fourth-order valence-electron chi connectivity index (χ4n) is 4.48. The van der Waals surface area contributed by atoms with Crippen molar-refractivity contribution in [2.24, 2.45) is 0 Å². The fraction of sp³-hybridized carbons (Fsp3) is 0.636. The zero-order valence-electron chi connectivity index (χ0n) is 20.1. The molecule has 1 atom stereocenters. The zero-order chi connectivity index (χ0) is 23.8. The van der Waals surface area contributed by atoms with Crippen LogP contribution in [-0.2, 0) is 11.3 Å². The van der Waals surface area contributed by atoms with Crippen LogP contribution in [0.2, 0.25) is 0 Å². The van der Waals surface area contributed by atoms with Crippen LogP contribution in [0.5, 0.6) is 0 Å². The van der Waals surface area contributed by atoms with E-state index >= 15 is 0 Å². The molecule has 1 unspecified atom stereocenters. The number of hydrogen-bond donors (Lipinski definition) is 1. The summed E-state index contributed by atoms with van der Waals surface area (Å²) in [5, 5.41) is 11.7. The van der Waals surface area contributed by atoms with Gasteiger partial charge in [0.15, 0.2) is 17.0 Å². The van der Waals surface area contributed by atoms with Crippen molar-refractivity contribution >= 4 is 29.0 Å². The van der Waals surface area contributed by atoms with E-state index in [0.717, 1.165) is 55.8 Å². The summed E-state index contributed by atoms with van der Waals surface area (Å²) < 4.78 is 13.2. The maximum absolute atomic E-state index is 12.0. The molecule has 0 spiro atoms. The average molecular weight is 470 g/mol. The number of aryl methyl sites for hydroxylation is 2. The van der Waals surface area contributed by atoms with Gasteiger partial charge in [0.1, 0.15) is 6.10 Å². The predicted octanol–water partition coefficient (Wildman–Crippen LogP) is 2.56. The summed E-state index contributed by atoms with van der Waals surface area (Å²) in [5.41, 5.74) is 1.56. The van der Waals surface area contributed by atoms with Gasteiger partial charge in [0.25, 0.3) is 0 Å². The number of anilines is 2. The third-order valence-corrected chi connectivity index (χ3v) is 6.46. The highest BCUT2D eigenvalue weighted by Crippen LogP contribution is 2.38. The lowest BCUT2D eigenvalue weighted by Crippen LogP contribution is -2.43. The number of carbonyl (C=O) groups excluding carboxylic acids is 1. The molecule has 1 amide bonds. The summed E-state index contributed by atoms with van der Waals surface area (Å²) in [4.78, 5) is 29.9. The number of nitrogens with zero attached hydrogens (tertiary/aromatic N) is 8. The highest BCUT2D eigenvalue weighted by Gasteiger charge is 2.35. The van der Waals surface area contributed by atoms with Gasteiger partial charge in [0.2, 0.25) is 17.7 Å². The molecule has 0 radical (unpaired) electrons. The van der Waals surface area contributed by atoms with E-state index in [1.807, 2.05) is 4.57 Å². The largest absolute Gasteiger partial charge is 0.444 e. The van der Waals surface area contributed by atoms with E-state index in [1.165, 1.54) is 4.90 Å². The number of rotatable bonds is 6. The Bertz CT molecular complexity index is 1170. The van der Waals surface area contributed by atoms with Gasteiger partial charge in [-0.1, -0.05) is 0 Å². The van der Waals surface area contributed by atoms with Crippen molar-refractivity contribution in [3.8, 4) is 0 Å². The van der Waals surface area contributed by atoms with E-state index in [4.69, 9.17) is 19.1 Å². The summed E-state index contributed by atoms with van der Waals surface area (Å²) >= 11 is 0. The maximum Gasteiger partial charge on any atom is 0.409 e. The van der Waals surface area contributed by atoms with Crippen molar-refractivity contribution in [1.82, 2.24) is 34.6 Å². The van der Waals surface area contributed by atoms with Gasteiger partial charge in [0.05, 0.1) is 12.9 Å². The molecule has 1 saturated heterocycles. The van der Waals surface area contributed by atoms with E-state index in [-0.39, 0.29) is 24.2 Å². The number of hydrogen-bond acceptors (Lipinski definition) is 10. The third-order valence-electron chi connectivity index (χ3n) is 6.46. The molecule has 182 valence electrons. The Labute approximate surface area is 197 Å². The molecule has 3 aromatic rings. The van der Waals surface area contributed by atoms with Crippen LogP contribution in [0.4, 0.5) is 16.6 Å². The Hall–Kier alpha value is -3.44. The van der Waals surface area contributed by atoms with Crippen LogP contribution in [0.1, 0.15) is 50.3 Å². The Morgan fingerprint density at radius 1 is 1.29 bits per heavy atom. The first-order valence-corrected chi connectivity index (χ1v) is 11.8. The minimum Gasteiger partial charge on any atom is -0.444 e. The number of nitrogens with one attached hydrogen (secondary N) is 1. The molecule has 0 aromatic carbocycles. The highest BCUT2D eigenvalue weighted by molar-refractivity contribution is 5.84. The summed E-state index contributed by atoms with van der Waals surface area (Å²) in [5.74, 6) is 2.91. The molecule has 5 rings (SSSR count). The molecule has 3 aromatic heterocycles. The van der Waals surface area contributed by atoms with Crippen LogP contribution in [0.15, 0.2) is 10.7 Å². The molecule has 2 fully saturated rings. The first-order chi connectivity index (χ1) is 16.4. The first-order valence-electron chi connectivity index (χ1n) is 11.8. The van der Waals surface area contributed by atoms with Crippen molar-refractivity contribution in [2.45, 2.75) is 64.1 Å². The summed E-state index contributed by atoms with van der Waals surface area (Å²) in [6.07, 6.45) is 4.79. The summed E-state index contributed by atoms with van der Waals surface area (Å²) in [7, 11) is 3.38. The Kier molecular flexibility index (Phi) is 5.96. The quantitative estimate of drug-likeness (QED) is 0.575. The normalized spacial score (nSPS) is 22.5. The van der Waals surface area contributed by atoms with Gasteiger partial charge < -0.3 is 28.8 Å². The number of ether oxygens (including phenoxy) is 1. The fourth-order valence-corrected chi connectivity index (χ4v) is 4.48. The molecular formula is C22H31N9O3. The topological polar surface area (TPSA) is 127 Å². The second-order valence-electron chi connectivity index (χ2n) is 9.23. The van der Waals surface area contributed by atoms with E-state index < -0.39 is 0 Å². The van der Waals surface area contributed by atoms with E-state index in [2.05, 4.69) is 32.3 Å². The molecule has 2 aliphatic rings. The Balaban J connectivity index is 1.35. The van der Waals surface area contributed by atoms with Gasteiger partial charge in [-0.15, -0.1) is 10.2 Å². The average Bonchev–Trinajstić information content (AvgIpc) is 3.41. The van der Waals surface area contributed by atoms with Gasteiger partial charge in [-0.2, -0.15) is 9.97 Å². The molecule has 12 nitrogen and oxygen atoms in total. The molecule has 0 bridgehead atoms. The van der Waals surface area contributed by atoms with Crippen molar-refractivity contribution in [1.29, 1.82) is 0 Å². The molecule has 1 saturated carbocycles. The highest BCUT2D eigenvalue weighted by atomic mass is 16.6. The SMILES string of the molecule is CCn1cnc2c(NC3CC(c4nnc(C)o4)C3)nc(N3CCCC(OC(=O)N(C)C)C3)nc21. The smallest absolute Gasteiger partial charge is 0.409 e. The van der Waals surface area contributed by atoms with Crippen molar-refractivity contribution in [3.63, 3.8) is 0 Å². The number of piperidine rings is 1. The van der Waals surface area contributed by atoms with Gasteiger partial charge in [-0.3, -0.25) is 0 Å². The van der Waals surface area contributed by atoms with E-state index in [9.17, 15) is 4.79 Å². The molecular weight excluding hydrogens is 438 g/mol. The summed E-state index contributed by atoms with van der Waals surface area (Å²) in [6.45, 7) is 6.00. The lowest BCUT2D eigenvalue weighted by Gasteiger charge is -2.35. The van der Waals surface area contributed by atoms with Crippen LogP contribution in [-0.4, -0.2) is 80.0 Å². The second kappa shape index (κ2) is 9.07. The molecule has 4 heterocycles. The number of carbonyl (C=O) groups is 1. The third kappa shape index (κ3) is 4.36. The molecule has 1 N–H and O–H groups in total. The van der Waals surface area contributed by atoms with Crippen LogP contribution < -0.4 is 10.2 Å². The van der Waals surface area contributed by atoms with Crippen LogP contribution >= 0.6 is 0 Å². The van der Waals surface area contributed by atoms with Crippen molar-refractivity contribution in [2.75, 3.05) is 37.4 Å². The predicted molar refractivity (Wildman–Crippen MR) is 125 cm³/mol. The van der Waals surface area contributed by atoms with Gasteiger partial charge in [0, 0.05) is 46.1 Å². The monoisotopic (exact) mass is 469 g/mol. The van der Waals surface area contributed by atoms with Gasteiger partial charge in [-0.05, 0) is 32.6 Å². The lowest BCUT2D eigenvalue weighted by molar-refractivity contribution is 0.0669. The Morgan fingerprint density at radius 3 is 2.82 bits per heavy atom. The molecule has 1 aliphatic heterocycles. The second-order valence-corrected chi connectivity index (χ2v) is 9.23. The number of imidazole rings is 1. The minimum atomic E-state index is -0.328. The molecule has 34 heavy (non-hydrogen) atoms. The lowest BCUT2D eigenvalue weighted by atomic mass is 9.80.